The lowest BCUT2D eigenvalue weighted by molar-refractivity contribution is 0.415. The summed E-state index contributed by atoms with van der Waals surface area (Å²) in [7, 11) is 1.66. The Hall–Kier alpha value is -2.92. The molecule has 0 spiro atoms. The van der Waals surface area contributed by atoms with Crippen molar-refractivity contribution in [3.63, 3.8) is 0 Å². The zero-order valence-corrected chi connectivity index (χ0v) is 11.8. The topological polar surface area (TPSA) is 14.2 Å². The van der Waals surface area contributed by atoms with Crippen LogP contribution in [0, 0.1) is 11.8 Å². The van der Waals surface area contributed by atoms with Crippen molar-refractivity contribution in [2.75, 3.05) is 7.11 Å². The average molecular weight is 273 g/mol. The summed E-state index contributed by atoms with van der Waals surface area (Å²) in [5, 5.41) is 0. The van der Waals surface area contributed by atoms with Gasteiger partial charge in [-0.3, -0.25) is 0 Å². The van der Waals surface area contributed by atoms with E-state index in [1.165, 1.54) is 0 Å². The quantitative estimate of drug-likeness (QED) is 0.646. The molecule has 21 heavy (non-hydrogen) atoms. The molecule has 3 aromatic rings. The number of para-hydroxylation sites is 1. The number of hydrogen-bond donors (Lipinski definition) is 0. The van der Waals surface area contributed by atoms with E-state index in [1.54, 1.807) is 7.11 Å². The maximum absolute atomic E-state index is 5.15. The molecule has 0 fully saturated rings. The van der Waals surface area contributed by atoms with Gasteiger partial charge in [0.1, 0.15) is 5.75 Å². The van der Waals surface area contributed by atoms with E-state index in [0.717, 1.165) is 22.6 Å². The van der Waals surface area contributed by atoms with Crippen LogP contribution in [0.3, 0.4) is 0 Å². The van der Waals surface area contributed by atoms with Crippen LogP contribution >= 0.6 is 0 Å². The second-order valence-corrected chi connectivity index (χ2v) is 4.59. The smallest absolute Gasteiger partial charge is 0.118 e. The third kappa shape index (κ3) is 2.98. The summed E-state index contributed by atoms with van der Waals surface area (Å²) in [6, 6.07) is 19.9. The number of methoxy groups -OCH3 is 1. The lowest BCUT2D eigenvalue weighted by Gasteiger charge is -2.05. The van der Waals surface area contributed by atoms with Crippen molar-refractivity contribution in [1.82, 2.24) is 4.57 Å². The molecule has 1 heterocycles. The molecule has 0 saturated heterocycles. The van der Waals surface area contributed by atoms with Crippen molar-refractivity contribution in [3.8, 4) is 23.3 Å². The van der Waals surface area contributed by atoms with E-state index in [9.17, 15) is 0 Å². The molecule has 102 valence electrons. The summed E-state index contributed by atoms with van der Waals surface area (Å²) in [5.41, 5.74) is 3.06. The van der Waals surface area contributed by atoms with Crippen LogP contribution in [-0.2, 0) is 0 Å². The molecule has 2 nitrogen and oxygen atoms in total. The van der Waals surface area contributed by atoms with Crippen LogP contribution in [0.4, 0.5) is 0 Å². The minimum atomic E-state index is 0.841. The van der Waals surface area contributed by atoms with Crippen LogP contribution < -0.4 is 4.74 Å². The van der Waals surface area contributed by atoms with Gasteiger partial charge in [-0.05, 0) is 48.5 Å². The lowest BCUT2D eigenvalue weighted by atomic mass is 10.1. The standard InChI is InChI=1S/C19H15NO/c1-21-18-12-9-16(10-13-18)8-11-17-6-2-3-7-19(17)20-14-4-5-15-20/h2-7,9-10,12-15H,1H3. The van der Waals surface area contributed by atoms with Gasteiger partial charge in [0.2, 0.25) is 0 Å². The predicted octanol–water partition coefficient (Wildman–Crippen LogP) is 3.89. The summed E-state index contributed by atoms with van der Waals surface area (Å²) in [6.07, 6.45) is 4.04. The van der Waals surface area contributed by atoms with Crippen LogP contribution in [0.1, 0.15) is 11.1 Å². The molecule has 0 radical (unpaired) electrons. The zero-order valence-electron chi connectivity index (χ0n) is 11.8. The number of aromatic nitrogens is 1. The van der Waals surface area contributed by atoms with E-state index in [-0.39, 0.29) is 0 Å². The van der Waals surface area contributed by atoms with Gasteiger partial charge in [0, 0.05) is 23.5 Å². The summed E-state index contributed by atoms with van der Waals surface area (Å²) in [5.74, 6) is 7.28. The molecule has 0 atom stereocenters. The van der Waals surface area contributed by atoms with Crippen molar-refractivity contribution in [2.24, 2.45) is 0 Å². The Balaban J connectivity index is 1.94. The Kier molecular flexibility index (Phi) is 3.75. The zero-order chi connectivity index (χ0) is 14.5. The van der Waals surface area contributed by atoms with Gasteiger partial charge in [0.05, 0.1) is 12.8 Å². The van der Waals surface area contributed by atoms with Gasteiger partial charge in [-0.1, -0.05) is 24.0 Å². The molecule has 0 bridgehead atoms. The van der Waals surface area contributed by atoms with Gasteiger partial charge in [0.25, 0.3) is 0 Å². The van der Waals surface area contributed by atoms with E-state index < -0.39 is 0 Å². The van der Waals surface area contributed by atoms with Crippen molar-refractivity contribution in [1.29, 1.82) is 0 Å². The van der Waals surface area contributed by atoms with Crippen molar-refractivity contribution in [3.05, 3.63) is 84.2 Å². The highest BCUT2D eigenvalue weighted by molar-refractivity contribution is 5.54. The third-order valence-corrected chi connectivity index (χ3v) is 3.22. The molecule has 0 unspecified atom stereocenters. The molecule has 0 aliphatic carbocycles. The lowest BCUT2D eigenvalue weighted by Crippen LogP contribution is -1.93. The van der Waals surface area contributed by atoms with E-state index in [2.05, 4.69) is 22.5 Å². The molecule has 2 aromatic carbocycles. The SMILES string of the molecule is COc1ccc(C#Cc2ccccc2-n2cccc2)cc1. The Morgan fingerprint density at radius 2 is 1.52 bits per heavy atom. The Labute approximate surface area is 124 Å². The fraction of sp³-hybridized carbons (Fsp3) is 0.0526. The van der Waals surface area contributed by atoms with E-state index in [1.807, 2.05) is 67.0 Å². The highest BCUT2D eigenvalue weighted by Gasteiger charge is 1.99. The first-order chi connectivity index (χ1) is 10.4. The molecule has 3 rings (SSSR count). The molecule has 0 N–H and O–H groups in total. The monoisotopic (exact) mass is 273 g/mol. The minimum absolute atomic E-state index is 0.841. The van der Waals surface area contributed by atoms with Crippen molar-refractivity contribution in [2.45, 2.75) is 0 Å². The van der Waals surface area contributed by atoms with Crippen molar-refractivity contribution >= 4 is 0 Å². The van der Waals surface area contributed by atoms with Crippen LogP contribution in [0.5, 0.6) is 5.75 Å². The second kappa shape index (κ2) is 6.02. The first-order valence-electron chi connectivity index (χ1n) is 6.75. The number of ether oxygens (including phenoxy) is 1. The molecular weight excluding hydrogens is 258 g/mol. The number of rotatable bonds is 2. The summed E-state index contributed by atoms with van der Waals surface area (Å²) in [6.45, 7) is 0. The molecule has 0 saturated carbocycles. The normalized spacial score (nSPS) is 9.76. The Bertz CT molecular complexity index is 774. The van der Waals surface area contributed by atoms with E-state index in [0.29, 0.717) is 0 Å². The first kappa shape index (κ1) is 13.1. The molecule has 0 aliphatic heterocycles. The van der Waals surface area contributed by atoms with Gasteiger partial charge in [-0.2, -0.15) is 0 Å². The molecule has 0 aliphatic rings. The second-order valence-electron chi connectivity index (χ2n) is 4.59. The number of nitrogens with zero attached hydrogens (tertiary/aromatic N) is 1. The van der Waals surface area contributed by atoms with E-state index >= 15 is 0 Å². The van der Waals surface area contributed by atoms with Crippen LogP contribution in [0.25, 0.3) is 5.69 Å². The van der Waals surface area contributed by atoms with Gasteiger partial charge < -0.3 is 9.30 Å². The highest BCUT2D eigenvalue weighted by Crippen LogP contribution is 2.14. The molecule has 2 heteroatoms. The van der Waals surface area contributed by atoms with Crippen LogP contribution in [-0.4, -0.2) is 11.7 Å². The summed E-state index contributed by atoms with van der Waals surface area (Å²) in [4.78, 5) is 0. The highest BCUT2D eigenvalue weighted by atomic mass is 16.5. The summed E-state index contributed by atoms with van der Waals surface area (Å²) >= 11 is 0. The molecule has 1 aromatic heterocycles. The van der Waals surface area contributed by atoms with Gasteiger partial charge in [0.15, 0.2) is 0 Å². The largest absolute Gasteiger partial charge is 0.497 e. The predicted molar refractivity (Wildman–Crippen MR) is 84.7 cm³/mol. The van der Waals surface area contributed by atoms with Gasteiger partial charge in [-0.25, -0.2) is 0 Å². The average Bonchev–Trinajstić information content (AvgIpc) is 3.08. The fourth-order valence-electron chi connectivity index (χ4n) is 2.11. The maximum Gasteiger partial charge on any atom is 0.118 e. The summed E-state index contributed by atoms with van der Waals surface area (Å²) < 4.78 is 7.22. The first-order valence-corrected chi connectivity index (χ1v) is 6.75. The van der Waals surface area contributed by atoms with Gasteiger partial charge in [-0.15, -0.1) is 0 Å². The van der Waals surface area contributed by atoms with Crippen molar-refractivity contribution < 1.29 is 4.74 Å². The fourth-order valence-corrected chi connectivity index (χ4v) is 2.11. The van der Waals surface area contributed by atoms with Gasteiger partial charge >= 0.3 is 0 Å². The molecular formula is C19H15NO. The minimum Gasteiger partial charge on any atom is -0.497 e. The maximum atomic E-state index is 5.15. The van der Waals surface area contributed by atoms with Crippen LogP contribution in [0.15, 0.2) is 73.1 Å². The Morgan fingerprint density at radius 3 is 2.24 bits per heavy atom. The number of hydrogen-bond acceptors (Lipinski definition) is 1. The Morgan fingerprint density at radius 1 is 0.810 bits per heavy atom. The van der Waals surface area contributed by atoms with E-state index in [4.69, 9.17) is 4.74 Å². The van der Waals surface area contributed by atoms with Crippen LogP contribution in [0.2, 0.25) is 0 Å². The third-order valence-electron chi connectivity index (χ3n) is 3.22. The number of benzene rings is 2. The molecule has 0 amide bonds.